The number of hydrogen-bond donors (Lipinski definition) is 0. The molecule has 5 aromatic carbocycles. The molecule has 0 saturated heterocycles. The Bertz CT molecular complexity index is 2490. The zero-order valence-corrected chi connectivity index (χ0v) is 27.2. The van der Waals surface area contributed by atoms with Crippen LogP contribution >= 0.6 is 11.3 Å². The normalized spacial score (nSPS) is 16.0. The average molecular weight is 630 g/mol. The molecule has 1 aliphatic carbocycles. The van der Waals surface area contributed by atoms with E-state index in [4.69, 9.17) is 9.97 Å². The van der Waals surface area contributed by atoms with Crippen molar-refractivity contribution in [2.24, 2.45) is 7.05 Å². The fraction of sp³-hybridized carbons (Fsp3) is 0.143. The predicted molar refractivity (Wildman–Crippen MR) is 192 cm³/mol. The number of para-hydroxylation sites is 2. The highest BCUT2D eigenvalue weighted by atomic mass is 32.1. The molecule has 228 valence electrons. The third-order valence-electron chi connectivity index (χ3n) is 10.1. The van der Waals surface area contributed by atoms with Gasteiger partial charge in [0.25, 0.3) is 0 Å². The molecule has 3 aromatic heterocycles. The largest absolute Gasteiger partial charge is 0.327 e. The Kier molecular flexibility index (Phi) is 6.25. The fourth-order valence-corrected chi connectivity index (χ4v) is 8.85. The minimum atomic E-state index is -1.30. The summed E-state index contributed by atoms with van der Waals surface area (Å²) in [4.78, 5) is 9.75. The highest BCUT2D eigenvalue weighted by Crippen LogP contribution is 2.52. The molecule has 0 fully saturated rings. The minimum absolute atomic E-state index is 0.115. The Balaban J connectivity index is 1.19. The van der Waals surface area contributed by atoms with E-state index in [1.54, 1.807) is 0 Å². The monoisotopic (exact) mass is 629 g/mol. The van der Waals surface area contributed by atoms with Crippen LogP contribution in [0.5, 0.6) is 0 Å². The predicted octanol–water partition coefficient (Wildman–Crippen LogP) is 10.9. The van der Waals surface area contributed by atoms with Gasteiger partial charge in [0.05, 0.1) is 22.6 Å². The highest BCUT2D eigenvalue weighted by Gasteiger charge is 2.39. The highest BCUT2D eigenvalue weighted by molar-refractivity contribution is 7.25. The maximum atomic E-state index is 16.8. The molecule has 8 aromatic rings. The lowest BCUT2D eigenvalue weighted by Gasteiger charge is -2.40. The van der Waals surface area contributed by atoms with Gasteiger partial charge in [0.15, 0.2) is 6.17 Å². The van der Waals surface area contributed by atoms with Crippen molar-refractivity contribution in [3.05, 3.63) is 167 Å². The number of pyridine rings is 1. The Morgan fingerprint density at radius 2 is 1.51 bits per heavy atom. The molecule has 0 amide bonds. The minimum Gasteiger partial charge on any atom is -0.327 e. The standard InChI is InChI=1S/C42H32FN3S/c1-42(2)32-19-18-26(40(43)25-11-10-12-27(21-25)41-45-34-14-5-6-16-36(34)46(41)3)22-30(32)39(35-15-8-9-20-44-35)31-23-29-28-13-4-7-17-37(28)47-38(29)24-33(31)42/h4-24,39-40H,1-3H3. The van der Waals surface area contributed by atoms with Crippen LogP contribution in [0.15, 0.2) is 128 Å². The zero-order valence-electron chi connectivity index (χ0n) is 26.4. The molecule has 2 atom stereocenters. The van der Waals surface area contributed by atoms with Gasteiger partial charge < -0.3 is 4.57 Å². The summed E-state index contributed by atoms with van der Waals surface area (Å²) in [6, 6.07) is 41.6. The van der Waals surface area contributed by atoms with E-state index in [2.05, 4.69) is 79.1 Å². The Morgan fingerprint density at radius 1 is 0.723 bits per heavy atom. The van der Waals surface area contributed by atoms with Crippen LogP contribution in [-0.4, -0.2) is 14.5 Å². The van der Waals surface area contributed by atoms with Gasteiger partial charge in [-0.2, -0.15) is 0 Å². The third-order valence-corrected chi connectivity index (χ3v) is 11.2. The average Bonchev–Trinajstić information content (AvgIpc) is 3.65. The van der Waals surface area contributed by atoms with Gasteiger partial charge in [-0.3, -0.25) is 4.98 Å². The van der Waals surface area contributed by atoms with Crippen LogP contribution in [0.25, 0.3) is 42.6 Å². The number of alkyl halides is 1. The second-order valence-corrected chi connectivity index (χ2v) is 14.2. The summed E-state index contributed by atoms with van der Waals surface area (Å²) >= 11 is 1.85. The molecular weight excluding hydrogens is 598 g/mol. The molecule has 9 rings (SSSR count). The van der Waals surface area contributed by atoms with Gasteiger partial charge in [-0.05, 0) is 81.9 Å². The second kappa shape index (κ2) is 10.4. The number of aromatic nitrogens is 3. The van der Waals surface area contributed by atoms with E-state index in [-0.39, 0.29) is 11.3 Å². The first-order valence-corrected chi connectivity index (χ1v) is 16.9. The van der Waals surface area contributed by atoms with E-state index < -0.39 is 6.17 Å². The summed E-state index contributed by atoms with van der Waals surface area (Å²) in [7, 11) is 2.01. The Hall–Kier alpha value is -5.13. The summed E-state index contributed by atoms with van der Waals surface area (Å²) in [6.45, 7) is 4.59. The molecular formula is C42H32FN3S. The lowest BCUT2D eigenvalue weighted by molar-refractivity contribution is 0.401. The third kappa shape index (κ3) is 4.30. The summed E-state index contributed by atoms with van der Waals surface area (Å²) in [5.41, 5.74) is 9.72. The molecule has 3 nitrogen and oxygen atoms in total. The number of imidazole rings is 1. The van der Waals surface area contributed by atoms with Crippen molar-refractivity contribution in [3.8, 4) is 11.4 Å². The van der Waals surface area contributed by atoms with Crippen molar-refractivity contribution < 1.29 is 4.39 Å². The number of aryl methyl sites for hydroxylation is 1. The van der Waals surface area contributed by atoms with Gasteiger partial charge in [-0.1, -0.05) is 86.6 Å². The van der Waals surface area contributed by atoms with Crippen LogP contribution in [0.4, 0.5) is 4.39 Å². The molecule has 1 aliphatic rings. The quantitative estimate of drug-likeness (QED) is 0.194. The Labute approximate surface area is 277 Å². The topological polar surface area (TPSA) is 30.7 Å². The molecule has 3 heterocycles. The van der Waals surface area contributed by atoms with Gasteiger partial charge in [-0.25, -0.2) is 9.37 Å². The van der Waals surface area contributed by atoms with Gasteiger partial charge in [0.1, 0.15) is 5.82 Å². The fourth-order valence-electron chi connectivity index (χ4n) is 7.72. The molecule has 47 heavy (non-hydrogen) atoms. The molecule has 0 aliphatic heterocycles. The molecule has 0 bridgehead atoms. The smallest absolute Gasteiger partial charge is 0.150 e. The van der Waals surface area contributed by atoms with Crippen LogP contribution in [0.3, 0.4) is 0 Å². The Morgan fingerprint density at radius 3 is 2.36 bits per heavy atom. The summed E-state index contributed by atoms with van der Waals surface area (Å²) in [5.74, 6) is 0.710. The number of nitrogens with zero attached hydrogens (tertiary/aromatic N) is 3. The first kappa shape index (κ1) is 28.1. The molecule has 0 N–H and O–H groups in total. The van der Waals surface area contributed by atoms with E-state index in [0.717, 1.165) is 33.7 Å². The first-order valence-electron chi connectivity index (χ1n) is 16.1. The number of halogens is 1. The van der Waals surface area contributed by atoms with Crippen molar-refractivity contribution in [1.82, 2.24) is 14.5 Å². The molecule has 0 spiro atoms. The number of hydrogen-bond acceptors (Lipinski definition) is 3. The SMILES string of the molecule is Cn1c(-c2cccc(C(F)c3ccc4c(c3)C(c3ccccn3)c3cc5c(cc3C4(C)C)sc3ccccc35)c2)nc2ccccc21. The maximum absolute atomic E-state index is 16.8. The molecule has 5 heteroatoms. The summed E-state index contributed by atoms with van der Waals surface area (Å²) in [6.07, 6.45) is 0.563. The van der Waals surface area contributed by atoms with E-state index in [1.165, 1.54) is 36.9 Å². The van der Waals surface area contributed by atoms with Crippen LogP contribution in [0.2, 0.25) is 0 Å². The zero-order chi connectivity index (χ0) is 31.9. The van der Waals surface area contributed by atoms with Crippen molar-refractivity contribution in [3.63, 3.8) is 0 Å². The van der Waals surface area contributed by atoms with Gasteiger partial charge >= 0.3 is 0 Å². The van der Waals surface area contributed by atoms with Crippen molar-refractivity contribution >= 4 is 42.5 Å². The van der Waals surface area contributed by atoms with Crippen molar-refractivity contribution in [1.29, 1.82) is 0 Å². The van der Waals surface area contributed by atoms with E-state index >= 15 is 4.39 Å². The van der Waals surface area contributed by atoms with Crippen molar-refractivity contribution in [2.45, 2.75) is 31.4 Å². The number of fused-ring (bicyclic) bond motifs is 6. The number of benzene rings is 5. The molecule has 0 saturated carbocycles. The number of thiophene rings is 1. The lowest BCUT2D eigenvalue weighted by Crippen LogP contribution is -2.30. The van der Waals surface area contributed by atoms with E-state index in [9.17, 15) is 0 Å². The summed E-state index contributed by atoms with van der Waals surface area (Å²) < 4.78 is 21.4. The van der Waals surface area contributed by atoms with Gasteiger partial charge in [0.2, 0.25) is 0 Å². The van der Waals surface area contributed by atoms with Gasteiger partial charge in [0, 0.05) is 44.4 Å². The van der Waals surface area contributed by atoms with Crippen molar-refractivity contribution in [2.75, 3.05) is 0 Å². The van der Waals surface area contributed by atoms with Crippen LogP contribution in [0, 0.1) is 0 Å². The lowest BCUT2D eigenvalue weighted by atomic mass is 9.64. The van der Waals surface area contributed by atoms with Crippen LogP contribution < -0.4 is 0 Å². The number of rotatable bonds is 4. The van der Waals surface area contributed by atoms with Crippen LogP contribution in [-0.2, 0) is 12.5 Å². The molecule has 0 radical (unpaired) electrons. The van der Waals surface area contributed by atoms with Crippen LogP contribution in [0.1, 0.15) is 65.0 Å². The summed E-state index contributed by atoms with van der Waals surface area (Å²) in [5, 5.41) is 2.54. The first-order chi connectivity index (χ1) is 22.9. The maximum Gasteiger partial charge on any atom is 0.150 e. The van der Waals surface area contributed by atoms with E-state index in [1.807, 2.05) is 85.2 Å². The molecule has 2 unspecified atom stereocenters. The van der Waals surface area contributed by atoms with E-state index in [0.29, 0.717) is 11.1 Å². The van der Waals surface area contributed by atoms with Gasteiger partial charge in [-0.15, -0.1) is 11.3 Å². The second-order valence-electron chi connectivity index (χ2n) is 13.2.